The fourth-order valence-corrected chi connectivity index (χ4v) is 1.96. The predicted molar refractivity (Wildman–Crippen MR) is 67.1 cm³/mol. The molecule has 2 heterocycles. The van der Waals surface area contributed by atoms with Crippen molar-refractivity contribution < 1.29 is 19.4 Å². The SMILES string of the molecule is Cc1cc(C(N)=O)cc(N2CCOC(C(=O)O)C2)n1. The lowest BCUT2D eigenvalue weighted by atomic mass is 10.2. The number of ether oxygens (including phenoxy) is 1. The van der Waals surface area contributed by atoms with E-state index in [2.05, 4.69) is 4.98 Å². The molecule has 0 spiro atoms. The number of aliphatic carboxylic acids is 1. The molecular formula is C12H15N3O4. The maximum absolute atomic E-state index is 11.2. The van der Waals surface area contributed by atoms with Gasteiger partial charge in [-0.05, 0) is 19.1 Å². The summed E-state index contributed by atoms with van der Waals surface area (Å²) in [7, 11) is 0. The van der Waals surface area contributed by atoms with Crippen molar-refractivity contribution in [2.45, 2.75) is 13.0 Å². The van der Waals surface area contributed by atoms with Gasteiger partial charge in [-0.2, -0.15) is 0 Å². The van der Waals surface area contributed by atoms with Gasteiger partial charge in [0, 0.05) is 17.8 Å². The van der Waals surface area contributed by atoms with Crippen molar-refractivity contribution in [3.8, 4) is 0 Å². The molecule has 1 aliphatic heterocycles. The average Bonchev–Trinajstić information content (AvgIpc) is 2.38. The van der Waals surface area contributed by atoms with E-state index in [0.717, 1.165) is 0 Å². The summed E-state index contributed by atoms with van der Waals surface area (Å²) in [4.78, 5) is 28.2. The highest BCUT2D eigenvalue weighted by atomic mass is 16.5. The number of pyridine rings is 1. The third-order valence-corrected chi connectivity index (χ3v) is 2.89. The van der Waals surface area contributed by atoms with Crippen LogP contribution in [0, 0.1) is 6.92 Å². The Morgan fingerprint density at radius 1 is 1.53 bits per heavy atom. The van der Waals surface area contributed by atoms with Crippen LogP contribution in [0.5, 0.6) is 0 Å². The number of primary amides is 1. The second kappa shape index (κ2) is 5.23. The second-order valence-electron chi connectivity index (χ2n) is 4.36. The molecule has 0 aliphatic carbocycles. The van der Waals surface area contributed by atoms with E-state index < -0.39 is 18.0 Å². The molecule has 0 aromatic carbocycles. The maximum Gasteiger partial charge on any atom is 0.334 e. The van der Waals surface area contributed by atoms with Gasteiger partial charge in [-0.25, -0.2) is 9.78 Å². The Hall–Kier alpha value is -2.15. The maximum atomic E-state index is 11.2. The van der Waals surface area contributed by atoms with Gasteiger partial charge < -0.3 is 20.5 Å². The molecule has 1 aromatic heterocycles. The summed E-state index contributed by atoms with van der Waals surface area (Å²) in [5, 5.41) is 8.95. The van der Waals surface area contributed by atoms with Crippen LogP contribution in [0.2, 0.25) is 0 Å². The molecule has 102 valence electrons. The van der Waals surface area contributed by atoms with Gasteiger partial charge in [0.05, 0.1) is 13.2 Å². The van der Waals surface area contributed by atoms with E-state index in [1.165, 1.54) is 0 Å². The number of aryl methyl sites for hydroxylation is 1. The van der Waals surface area contributed by atoms with Crippen LogP contribution < -0.4 is 10.6 Å². The van der Waals surface area contributed by atoms with Crippen LogP contribution in [-0.4, -0.2) is 47.8 Å². The highest BCUT2D eigenvalue weighted by molar-refractivity contribution is 5.93. The zero-order valence-electron chi connectivity index (χ0n) is 10.5. The number of carboxylic acids is 1. The Morgan fingerprint density at radius 3 is 2.89 bits per heavy atom. The number of nitrogens with two attached hydrogens (primary N) is 1. The lowest BCUT2D eigenvalue weighted by Crippen LogP contribution is -2.46. The lowest BCUT2D eigenvalue weighted by molar-refractivity contribution is -0.150. The number of carboxylic acid groups (broad SMARTS) is 1. The number of rotatable bonds is 3. The van der Waals surface area contributed by atoms with Gasteiger partial charge in [0.1, 0.15) is 5.82 Å². The molecule has 1 unspecified atom stereocenters. The summed E-state index contributed by atoms with van der Waals surface area (Å²) in [5.74, 6) is -0.995. The molecule has 0 radical (unpaired) electrons. The lowest BCUT2D eigenvalue weighted by Gasteiger charge is -2.32. The summed E-state index contributed by atoms with van der Waals surface area (Å²) in [6.07, 6.45) is -0.881. The number of nitrogens with zero attached hydrogens (tertiary/aromatic N) is 2. The van der Waals surface area contributed by atoms with Gasteiger partial charge in [0.25, 0.3) is 0 Å². The zero-order chi connectivity index (χ0) is 14.0. The second-order valence-corrected chi connectivity index (χ2v) is 4.36. The third-order valence-electron chi connectivity index (χ3n) is 2.89. The molecule has 1 amide bonds. The molecule has 1 fully saturated rings. The molecule has 1 aliphatic rings. The van der Waals surface area contributed by atoms with Crippen LogP contribution in [0.4, 0.5) is 5.82 Å². The first-order valence-corrected chi connectivity index (χ1v) is 5.85. The minimum Gasteiger partial charge on any atom is -0.479 e. The van der Waals surface area contributed by atoms with Gasteiger partial charge >= 0.3 is 5.97 Å². The first kappa shape index (κ1) is 13.3. The largest absolute Gasteiger partial charge is 0.479 e. The highest BCUT2D eigenvalue weighted by Gasteiger charge is 2.27. The van der Waals surface area contributed by atoms with Crippen LogP contribution >= 0.6 is 0 Å². The summed E-state index contributed by atoms with van der Waals surface area (Å²) in [6, 6.07) is 3.17. The van der Waals surface area contributed by atoms with Crippen molar-refractivity contribution in [2.24, 2.45) is 5.73 Å². The molecule has 1 aromatic rings. The Labute approximate surface area is 110 Å². The molecule has 0 bridgehead atoms. The highest BCUT2D eigenvalue weighted by Crippen LogP contribution is 2.18. The number of carbonyl (C=O) groups excluding carboxylic acids is 1. The first-order valence-electron chi connectivity index (χ1n) is 5.85. The van der Waals surface area contributed by atoms with Gasteiger partial charge in [-0.1, -0.05) is 0 Å². The van der Waals surface area contributed by atoms with Gasteiger partial charge in [0.15, 0.2) is 6.10 Å². The molecule has 1 saturated heterocycles. The molecule has 2 rings (SSSR count). The summed E-state index contributed by atoms with van der Waals surface area (Å²) < 4.78 is 5.14. The molecule has 1 atom stereocenters. The van der Waals surface area contributed by atoms with E-state index >= 15 is 0 Å². The Balaban J connectivity index is 2.26. The smallest absolute Gasteiger partial charge is 0.334 e. The summed E-state index contributed by atoms with van der Waals surface area (Å²) >= 11 is 0. The fraction of sp³-hybridized carbons (Fsp3) is 0.417. The topological polar surface area (TPSA) is 106 Å². The zero-order valence-corrected chi connectivity index (χ0v) is 10.5. The quantitative estimate of drug-likeness (QED) is 0.782. The first-order chi connectivity index (χ1) is 8.97. The third kappa shape index (κ3) is 3.00. The van der Waals surface area contributed by atoms with Crippen LogP contribution in [0.1, 0.15) is 16.1 Å². The monoisotopic (exact) mass is 265 g/mol. The Kier molecular flexibility index (Phi) is 3.66. The number of hydrogen-bond acceptors (Lipinski definition) is 5. The standard InChI is InChI=1S/C12H15N3O4/c1-7-4-8(11(13)16)5-10(14-7)15-2-3-19-9(6-15)12(17)18/h4-5,9H,2-3,6H2,1H3,(H2,13,16)(H,17,18). The van der Waals surface area contributed by atoms with E-state index in [4.69, 9.17) is 15.6 Å². The molecule has 7 nitrogen and oxygen atoms in total. The number of aromatic nitrogens is 1. The van der Waals surface area contributed by atoms with Gasteiger partial charge in [0.2, 0.25) is 5.91 Å². The van der Waals surface area contributed by atoms with E-state index in [1.807, 2.05) is 0 Å². The van der Waals surface area contributed by atoms with Crippen molar-refractivity contribution in [2.75, 3.05) is 24.6 Å². The van der Waals surface area contributed by atoms with E-state index in [9.17, 15) is 9.59 Å². The minimum atomic E-state index is -1.01. The van der Waals surface area contributed by atoms with E-state index in [-0.39, 0.29) is 6.54 Å². The number of carbonyl (C=O) groups is 2. The molecule has 3 N–H and O–H groups in total. The Bertz CT molecular complexity index is 518. The number of amides is 1. The van der Waals surface area contributed by atoms with Gasteiger partial charge in [-0.3, -0.25) is 4.79 Å². The van der Waals surface area contributed by atoms with Gasteiger partial charge in [-0.15, -0.1) is 0 Å². The minimum absolute atomic E-state index is 0.198. The number of morpholine rings is 1. The Morgan fingerprint density at radius 2 is 2.26 bits per heavy atom. The molecular weight excluding hydrogens is 250 g/mol. The van der Waals surface area contributed by atoms with E-state index in [1.54, 1.807) is 24.0 Å². The van der Waals surface area contributed by atoms with Crippen molar-refractivity contribution in [1.29, 1.82) is 0 Å². The molecule has 19 heavy (non-hydrogen) atoms. The predicted octanol–water partition coefficient (Wildman–Crippen LogP) is -0.221. The van der Waals surface area contributed by atoms with Crippen molar-refractivity contribution in [3.05, 3.63) is 23.4 Å². The average molecular weight is 265 g/mol. The van der Waals surface area contributed by atoms with Crippen LogP contribution in [0.15, 0.2) is 12.1 Å². The summed E-state index contributed by atoms with van der Waals surface area (Å²) in [6.45, 7) is 2.78. The molecule has 0 saturated carbocycles. The number of anilines is 1. The van der Waals surface area contributed by atoms with Crippen molar-refractivity contribution in [3.63, 3.8) is 0 Å². The summed E-state index contributed by atoms with van der Waals surface area (Å²) in [5.41, 5.74) is 6.27. The van der Waals surface area contributed by atoms with Crippen molar-refractivity contribution in [1.82, 2.24) is 4.98 Å². The van der Waals surface area contributed by atoms with Crippen LogP contribution in [-0.2, 0) is 9.53 Å². The van der Waals surface area contributed by atoms with Crippen LogP contribution in [0.3, 0.4) is 0 Å². The van der Waals surface area contributed by atoms with Crippen LogP contribution in [0.25, 0.3) is 0 Å². The fourth-order valence-electron chi connectivity index (χ4n) is 1.96. The van der Waals surface area contributed by atoms with E-state index in [0.29, 0.717) is 30.2 Å². The number of hydrogen-bond donors (Lipinski definition) is 2. The normalized spacial score (nSPS) is 19.2. The molecule has 7 heteroatoms. The van der Waals surface area contributed by atoms with Crippen molar-refractivity contribution >= 4 is 17.7 Å².